The lowest BCUT2D eigenvalue weighted by molar-refractivity contribution is -0.0440. The average molecular weight is 494 g/mol. The van der Waals surface area contributed by atoms with Crippen LogP contribution in [0.1, 0.15) is 24.2 Å². The van der Waals surface area contributed by atoms with Crippen LogP contribution in [0.25, 0.3) is 0 Å². The Balaban J connectivity index is 1.65. The maximum absolute atomic E-state index is 14.3. The fourth-order valence-electron chi connectivity index (χ4n) is 3.65. The molecule has 10 nitrogen and oxygen atoms in total. The Labute approximate surface area is 187 Å². The van der Waals surface area contributed by atoms with Gasteiger partial charge >= 0.3 is 0 Å². The quantitative estimate of drug-likeness (QED) is 0.568. The summed E-state index contributed by atoms with van der Waals surface area (Å²) in [6.45, 7) is 4.47. The third kappa shape index (κ3) is 5.83. The molecular weight excluding hydrogens is 465 g/mol. The van der Waals surface area contributed by atoms with Crippen molar-refractivity contribution in [2.24, 2.45) is 0 Å². The largest absolute Gasteiger partial charge is 0.379 e. The molecule has 0 aliphatic carbocycles. The van der Waals surface area contributed by atoms with Crippen LogP contribution in [-0.4, -0.2) is 95.3 Å². The van der Waals surface area contributed by atoms with Crippen LogP contribution in [0.4, 0.5) is 4.39 Å². The second kappa shape index (κ2) is 10.1. The van der Waals surface area contributed by atoms with E-state index in [9.17, 15) is 26.0 Å². The zero-order valence-electron chi connectivity index (χ0n) is 18.0. The fourth-order valence-corrected chi connectivity index (χ4v) is 6.64. The van der Waals surface area contributed by atoms with Gasteiger partial charge in [0.2, 0.25) is 20.0 Å². The number of nitrogens with one attached hydrogen (secondary N) is 1. The number of nitrogens with zero attached hydrogens (tertiary/aromatic N) is 2. The predicted octanol–water partition coefficient (Wildman–Crippen LogP) is 0.0154. The van der Waals surface area contributed by atoms with Crippen molar-refractivity contribution < 1.29 is 35.5 Å². The van der Waals surface area contributed by atoms with E-state index in [1.165, 1.54) is 4.31 Å². The smallest absolute Gasteiger partial charge is 0.251 e. The number of sulfonamides is 2. The number of rotatable bonds is 7. The number of carbonyl (C=O) groups excluding carboxylic acids is 1. The summed E-state index contributed by atoms with van der Waals surface area (Å²) in [6, 6.07) is 3.04. The van der Waals surface area contributed by atoms with Crippen molar-refractivity contribution in [3.05, 3.63) is 29.6 Å². The van der Waals surface area contributed by atoms with E-state index in [1.54, 1.807) is 13.8 Å². The molecule has 1 N–H and O–H groups in total. The molecule has 0 radical (unpaired) electrons. The van der Waals surface area contributed by atoms with E-state index in [2.05, 4.69) is 5.32 Å². The van der Waals surface area contributed by atoms with Gasteiger partial charge in [-0.05, 0) is 32.0 Å². The fraction of sp³-hybridized carbons (Fsp3) is 0.632. The van der Waals surface area contributed by atoms with Gasteiger partial charge in [-0.2, -0.15) is 8.61 Å². The summed E-state index contributed by atoms with van der Waals surface area (Å²) < 4.78 is 78.1. The summed E-state index contributed by atoms with van der Waals surface area (Å²) in [7, 11) is -7.75. The maximum Gasteiger partial charge on any atom is 0.251 e. The number of ether oxygens (including phenoxy) is 2. The standard InChI is InChI=1S/C19H28FN3O7S2/c1-14-12-23(13-15(2)30-14)31(25,26)10-5-21-19(24)16-3-4-17(20)18(11-16)32(27,28)22-6-8-29-9-7-22/h3-4,11,14-15H,5-10,12-13H2,1-2H3,(H,21,24). The highest BCUT2D eigenvalue weighted by molar-refractivity contribution is 7.89. The summed E-state index contributed by atoms with van der Waals surface area (Å²) in [4.78, 5) is 11.9. The van der Waals surface area contributed by atoms with Crippen LogP contribution in [-0.2, 0) is 29.5 Å². The zero-order valence-corrected chi connectivity index (χ0v) is 19.6. The molecule has 1 aromatic carbocycles. The summed E-state index contributed by atoms with van der Waals surface area (Å²) in [5, 5.41) is 2.47. The van der Waals surface area contributed by atoms with Crippen LogP contribution >= 0.6 is 0 Å². The number of morpholine rings is 2. The number of carbonyl (C=O) groups is 1. The molecule has 1 aromatic rings. The monoisotopic (exact) mass is 493 g/mol. The lowest BCUT2D eigenvalue weighted by Gasteiger charge is -2.34. The van der Waals surface area contributed by atoms with Crippen LogP contribution in [0.15, 0.2) is 23.1 Å². The topological polar surface area (TPSA) is 122 Å². The molecule has 2 aliphatic heterocycles. The van der Waals surface area contributed by atoms with Gasteiger partial charge in [0.1, 0.15) is 10.7 Å². The Bertz CT molecular complexity index is 1030. The zero-order chi connectivity index (χ0) is 23.5. The van der Waals surface area contributed by atoms with E-state index in [1.807, 2.05) is 0 Å². The van der Waals surface area contributed by atoms with Crippen LogP contribution in [0.5, 0.6) is 0 Å². The molecule has 2 unspecified atom stereocenters. The molecule has 2 aliphatic rings. The van der Waals surface area contributed by atoms with E-state index in [4.69, 9.17) is 9.47 Å². The van der Waals surface area contributed by atoms with E-state index in [-0.39, 0.29) is 69.5 Å². The van der Waals surface area contributed by atoms with Crippen molar-refractivity contribution in [1.82, 2.24) is 13.9 Å². The summed E-state index contributed by atoms with van der Waals surface area (Å²) in [6.07, 6.45) is -0.455. The van der Waals surface area contributed by atoms with Crippen LogP contribution in [0, 0.1) is 5.82 Å². The molecule has 0 saturated carbocycles. The molecule has 2 atom stereocenters. The van der Waals surface area contributed by atoms with E-state index in [0.29, 0.717) is 0 Å². The first kappa shape index (κ1) is 25.0. The second-order valence-corrected chi connectivity index (χ2v) is 11.8. The molecule has 180 valence electrons. The van der Waals surface area contributed by atoms with Gasteiger partial charge in [0.15, 0.2) is 0 Å². The first-order valence-corrected chi connectivity index (χ1v) is 13.3. The highest BCUT2D eigenvalue weighted by atomic mass is 32.2. The Morgan fingerprint density at radius 1 is 1.09 bits per heavy atom. The number of hydrogen-bond acceptors (Lipinski definition) is 7. The molecule has 3 rings (SSSR count). The Hall–Kier alpha value is -1.64. The SMILES string of the molecule is CC1CN(S(=O)(=O)CCNC(=O)c2ccc(F)c(S(=O)(=O)N3CCOCC3)c2)CC(C)O1. The molecule has 13 heteroatoms. The Kier molecular flexibility index (Phi) is 7.89. The Morgan fingerprint density at radius 2 is 1.72 bits per heavy atom. The second-order valence-electron chi connectivity index (χ2n) is 7.81. The van der Waals surface area contributed by atoms with Gasteiger partial charge in [0.05, 0.1) is 31.2 Å². The van der Waals surface area contributed by atoms with Crippen LogP contribution in [0.3, 0.4) is 0 Å². The number of hydrogen-bond donors (Lipinski definition) is 1. The van der Waals surface area contributed by atoms with Gasteiger partial charge in [-0.1, -0.05) is 0 Å². The summed E-state index contributed by atoms with van der Waals surface area (Å²) in [5.74, 6) is -1.98. The molecule has 2 fully saturated rings. The maximum atomic E-state index is 14.3. The lowest BCUT2D eigenvalue weighted by atomic mass is 10.2. The molecule has 0 bridgehead atoms. The molecule has 2 saturated heterocycles. The van der Waals surface area contributed by atoms with Crippen molar-refractivity contribution in [2.45, 2.75) is 31.0 Å². The first-order chi connectivity index (χ1) is 15.0. The Morgan fingerprint density at radius 3 is 2.34 bits per heavy atom. The highest BCUT2D eigenvalue weighted by Gasteiger charge is 2.32. The van der Waals surface area contributed by atoms with Gasteiger partial charge in [0.25, 0.3) is 5.91 Å². The first-order valence-electron chi connectivity index (χ1n) is 10.3. The number of benzene rings is 1. The minimum atomic E-state index is -4.13. The summed E-state index contributed by atoms with van der Waals surface area (Å²) >= 11 is 0. The third-order valence-corrected chi connectivity index (χ3v) is 8.92. The molecule has 0 aromatic heterocycles. The van der Waals surface area contributed by atoms with Crippen molar-refractivity contribution in [3.63, 3.8) is 0 Å². The van der Waals surface area contributed by atoms with E-state index >= 15 is 0 Å². The number of amides is 1. The minimum Gasteiger partial charge on any atom is -0.379 e. The normalized spacial score (nSPS) is 23.7. The van der Waals surface area contributed by atoms with Crippen LogP contribution in [0.2, 0.25) is 0 Å². The van der Waals surface area contributed by atoms with E-state index in [0.717, 1.165) is 22.5 Å². The van der Waals surface area contributed by atoms with Gasteiger partial charge in [-0.3, -0.25) is 4.79 Å². The van der Waals surface area contributed by atoms with E-state index < -0.39 is 36.7 Å². The number of halogens is 1. The summed E-state index contributed by atoms with van der Waals surface area (Å²) in [5.41, 5.74) is -0.0794. The average Bonchev–Trinajstić information content (AvgIpc) is 2.73. The van der Waals surface area contributed by atoms with Gasteiger partial charge < -0.3 is 14.8 Å². The van der Waals surface area contributed by atoms with Crippen molar-refractivity contribution in [3.8, 4) is 0 Å². The predicted molar refractivity (Wildman–Crippen MR) is 114 cm³/mol. The van der Waals surface area contributed by atoms with Gasteiger partial charge in [-0.25, -0.2) is 21.2 Å². The van der Waals surface area contributed by atoms with Crippen molar-refractivity contribution in [1.29, 1.82) is 0 Å². The highest BCUT2D eigenvalue weighted by Crippen LogP contribution is 2.22. The van der Waals surface area contributed by atoms with Crippen LogP contribution < -0.4 is 5.32 Å². The third-order valence-electron chi connectivity index (χ3n) is 5.21. The molecule has 2 heterocycles. The molecule has 1 amide bonds. The minimum absolute atomic E-state index is 0.0794. The molecule has 32 heavy (non-hydrogen) atoms. The lowest BCUT2D eigenvalue weighted by Crippen LogP contribution is -2.49. The van der Waals surface area contributed by atoms with Gasteiger partial charge in [-0.15, -0.1) is 0 Å². The van der Waals surface area contributed by atoms with Crippen molar-refractivity contribution >= 4 is 26.0 Å². The van der Waals surface area contributed by atoms with Gasteiger partial charge in [0, 0.05) is 38.3 Å². The molecular formula is C19H28FN3O7S2. The van der Waals surface area contributed by atoms with Crippen molar-refractivity contribution in [2.75, 3.05) is 51.7 Å². The molecule has 0 spiro atoms.